The quantitative estimate of drug-likeness (QED) is 0.639. The van der Waals surface area contributed by atoms with Gasteiger partial charge in [0, 0.05) is 6.54 Å². The minimum atomic E-state index is -1.05. The molecule has 0 fully saturated rings. The van der Waals surface area contributed by atoms with Gasteiger partial charge in [-0.15, -0.1) is 0 Å². The van der Waals surface area contributed by atoms with E-state index in [1.54, 1.807) is 0 Å². The molecular formula is C9H9NOS. The lowest BCUT2D eigenvalue weighted by molar-refractivity contribution is 0.676. The van der Waals surface area contributed by atoms with Crippen LogP contribution in [0.4, 0.5) is 0 Å². The van der Waals surface area contributed by atoms with Crippen molar-refractivity contribution in [3.8, 4) is 0 Å². The van der Waals surface area contributed by atoms with E-state index in [2.05, 4.69) is 4.72 Å². The molecule has 1 aromatic rings. The first kappa shape index (κ1) is 7.71. The molecule has 1 N–H and O–H groups in total. The maximum Gasteiger partial charge on any atom is 0.125 e. The van der Waals surface area contributed by atoms with Crippen LogP contribution in [0.25, 0.3) is 6.08 Å². The van der Waals surface area contributed by atoms with Crippen molar-refractivity contribution in [2.24, 2.45) is 0 Å². The van der Waals surface area contributed by atoms with Gasteiger partial charge in [0.15, 0.2) is 0 Å². The van der Waals surface area contributed by atoms with Crippen LogP contribution < -0.4 is 4.72 Å². The van der Waals surface area contributed by atoms with E-state index in [1.165, 1.54) is 0 Å². The highest BCUT2D eigenvalue weighted by Gasteiger charge is 2.08. The second-order valence-electron chi connectivity index (χ2n) is 2.56. The van der Waals surface area contributed by atoms with E-state index in [1.807, 2.05) is 36.4 Å². The number of hydrogen-bond acceptors (Lipinski definition) is 1. The summed E-state index contributed by atoms with van der Waals surface area (Å²) < 4.78 is 14.4. The van der Waals surface area contributed by atoms with Gasteiger partial charge in [0.1, 0.15) is 11.0 Å². The maximum atomic E-state index is 11.5. The van der Waals surface area contributed by atoms with Crippen LogP contribution in [0.15, 0.2) is 35.2 Å². The van der Waals surface area contributed by atoms with E-state index in [0.29, 0.717) is 6.54 Å². The summed E-state index contributed by atoms with van der Waals surface area (Å²) in [5, 5.41) is 0. The Morgan fingerprint density at radius 1 is 1.33 bits per heavy atom. The molecule has 2 rings (SSSR count). The first-order valence-electron chi connectivity index (χ1n) is 3.79. The fraction of sp³-hybridized carbons (Fsp3) is 0.111. The molecule has 0 amide bonds. The lowest BCUT2D eigenvalue weighted by Gasteiger charge is -2.01. The minimum absolute atomic E-state index is 0.668. The van der Waals surface area contributed by atoms with Gasteiger partial charge in [0.2, 0.25) is 0 Å². The molecule has 12 heavy (non-hydrogen) atoms. The summed E-state index contributed by atoms with van der Waals surface area (Å²) in [6.45, 7) is 0.668. The summed E-state index contributed by atoms with van der Waals surface area (Å²) in [4.78, 5) is 0.867. The van der Waals surface area contributed by atoms with Gasteiger partial charge in [0.05, 0.1) is 4.90 Å². The van der Waals surface area contributed by atoms with Crippen LogP contribution in [-0.2, 0) is 11.0 Å². The second kappa shape index (κ2) is 3.21. The Kier molecular flexibility index (Phi) is 2.06. The van der Waals surface area contributed by atoms with Crippen molar-refractivity contribution in [2.45, 2.75) is 4.90 Å². The molecule has 0 spiro atoms. The number of hydrogen-bond donors (Lipinski definition) is 1. The Balaban J connectivity index is 2.56. The normalized spacial score (nSPS) is 21.5. The van der Waals surface area contributed by atoms with E-state index < -0.39 is 11.0 Å². The van der Waals surface area contributed by atoms with Crippen LogP contribution in [0.5, 0.6) is 0 Å². The van der Waals surface area contributed by atoms with Crippen LogP contribution >= 0.6 is 0 Å². The largest absolute Gasteiger partial charge is 0.237 e. The molecule has 1 aliphatic heterocycles. The second-order valence-corrected chi connectivity index (χ2v) is 3.82. The van der Waals surface area contributed by atoms with E-state index in [4.69, 9.17) is 0 Å². The van der Waals surface area contributed by atoms with E-state index in [-0.39, 0.29) is 0 Å². The summed E-state index contributed by atoms with van der Waals surface area (Å²) in [5.41, 5.74) is 1.04. The number of nitrogens with one attached hydrogen (secondary N) is 1. The molecule has 1 aliphatic rings. The topological polar surface area (TPSA) is 29.1 Å². The van der Waals surface area contributed by atoms with Crippen molar-refractivity contribution in [3.63, 3.8) is 0 Å². The van der Waals surface area contributed by atoms with E-state index in [9.17, 15) is 4.21 Å². The van der Waals surface area contributed by atoms with Gasteiger partial charge >= 0.3 is 0 Å². The highest BCUT2D eigenvalue weighted by molar-refractivity contribution is 7.83. The zero-order valence-electron chi connectivity index (χ0n) is 6.49. The molecule has 2 nitrogen and oxygen atoms in total. The van der Waals surface area contributed by atoms with Crippen LogP contribution in [0.1, 0.15) is 5.56 Å². The molecule has 1 atom stereocenters. The van der Waals surface area contributed by atoms with E-state index >= 15 is 0 Å². The summed E-state index contributed by atoms with van der Waals surface area (Å²) in [6, 6.07) is 7.70. The van der Waals surface area contributed by atoms with Gasteiger partial charge in [-0.2, -0.15) is 0 Å². The maximum absolute atomic E-state index is 11.5. The summed E-state index contributed by atoms with van der Waals surface area (Å²) in [7, 11) is -1.05. The third kappa shape index (κ3) is 1.33. The minimum Gasteiger partial charge on any atom is -0.237 e. The van der Waals surface area contributed by atoms with E-state index in [0.717, 1.165) is 10.5 Å². The molecular weight excluding hydrogens is 170 g/mol. The zero-order chi connectivity index (χ0) is 8.39. The number of benzene rings is 1. The molecule has 0 bridgehead atoms. The Bertz CT molecular complexity index is 346. The molecule has 0 aliphatic carbocycles. The SMILES string of the molecule is O=S1NCC=Cc2ccccc21. The fourth-order valence-corrected chi connectivity index (χ4v) is 2.13. The standard InChI is InChI=1S/C9H9NOS/c11-12-9-6-2-1-4-8(9)5-3-7-10-12/h1-6,10H,7H2. The summed E-state index contributed by atoms with van der Waals surface area (Å²) in [6.07, 6.45) is 3.97. The van der Waals surface area contributed by atoms with Gasteiger partial charge in [-0.05, 0) is 11.6 Å². The Morgan fingerprint density at radius 3 is 3.08 bits per heavy atom. The molecule has 1 heterocycles. The summed E-state index contributed by atoms with van der Waals surface area (Å²) in [5.74, 6) is 0. The van der Waals surface area contributed by atoms with Crippen molar-refractivity contribution < 1.29 is 4.21 Å². The van der Waals surface area contributed by atoms with Gasteiger partial charge in [-0.25, -0.2) is 8.93 Å². The Morgan fingerprint density at radius 2 is 2.17 bits per heavy atom. The van der Waals surface area contributed by atoms with Crippen molar-refractivity contribution in [2.75, 3.05) is 6.54 Å². The third-order valence-electron chi connectivity index (χ3n) is 1.75. The zero-order valence-corrected chi connectivity index (χ0v) is 7.30. The van der Waals surface area contributed by atoms with Gasteiger partial charge in [0.25, 0.3) is 0 Å². The van der Waals surface area contributed by atoms with Crippen molar-refractivity contribution in [1.29, 1.82) is 0 Å². The molecule has 0 aromatic heterocycles. The molecule has 62 valence electrons. The molecule has 0 saturated heterocycles. The monoisotopic (exact) mass is 179 g/mol. The molecule has 3 heteroatoms. The van der Waals surface area contributed by atoms with Crippen molar-refractivity contribution in [1.82, 2.24) is 4.72 Å². The van der Waals surface area contributed by atoms with Crippen molar-refractivity contribution >= 4 is 17.1 Å². The first-order chi connectivity index (χ1) is 5.88. The van der Waals surface area contributed by atoms with Crippen LogP contribution in [-0.4, -0.2) is 10.8 Å². The third-order valence-corrected chi connectivity index (χ3v) is 2.95. The first-order valence-corrected chi connectivity index (χ1v) is 4.94. The van der Waals surface area contributed by atoms with Gasteiger partial charge < -0.3 is 0 Å². The van der Waals surface area contributed by atoms with Crippen LogP contribution in [0, 0.1) is 0 Å². The van der Waals surface area contributed by atoms with Gasteiger partial charge in [-0.1, -0.05) is 30.4 Å². The van der Waals surface area contributed by atoms with Crippen LogP contribution in [0.2, 0.25) is 0 Å². The van der Waals surface area contributed by atoms with Crippen LogP contribution in [0.3, 0.4) is 0 Å². The average molecular weight is 179 g/mol. The number of fused-ring (bicyclic) bond motifs is 1. The predicted molar refractivity (Wildman–Crippen MR) is 49.9 cm³/mol. The van der Waals surface area contributed by atoms with Gasteiger partial charge in [-0.3, -0.25) is 0 Å². The average Bonchev–Trinajstić information content (AvgIpc) is 2.29. The molecule has 0 radical (unpaired) electrons. The Labute approximate surface area is 73.9 Å². The smallest absolute Gasteiger partial charge is 0.125 e. The Hall–Kier alpha value is -0.930. The molecule has 0 saturated carbocycles. The fourth-order valence-electron chi connectivity index (χ4n) is 1.17. The highest BCUT2D eigenvalue weighted by atomic mass is 32.2. The highest BCUT2D eigenvalue weighted by Crippen LogP contribution is 2.15. The number of rotatable bonds is 0. The predicted octanol–water partition coefficient (Wildman–Crippen LogP) is 1.33. The molecule has 1 unspecified atom stereocenters. The lowest BCUT2D eigenvalue weighted by atomic mass is 10.2. The lowest BCUT2D eigenvalue weighted by Crippen LogP contribution is -2.15. The van der Waals surface area contributed by atoms with Crippen molar-refractivity contribution in [3.05, 3.63) is 35.9 Å². The molecule has 1 aromatic carbocycles. The summed E-state index contributed by atoms with van der Waals surface area (Å²) >= 11 is 0.